The molecule has 2 atom stereocenters. The topological polar surface area (TPSA) is 12.5 Å². The van der Waals surface area contributed by atoms with Gasteiger partial charge in [0.1, 0.15) is 12.4 Å². The van der Waals surface area contributed by atoms with Crippen LogP contribution in [0.2, 0.25) is 0 Å². The average Bonchev–Trinajstić information content (AvgIpc) is 2.86. The van der Waals surface area contributed by atoms with Crippen LogP contribution in [0.1, 0.15) is 13.3 Å². The Hall–Kier alpha value is -1.09. The second-order valence-electron chi connectivity index (χ2n) is 4.78. The minimum Gasteiger partial charge on any atom is -0.492 e. The molecule has 94 valence electrons. The highest BCUT2D eigenvalue weighted by atomic mass is 19.1. The molecule has 1 heterocycles. The molecule has 1 aromatic rings. The summed E-state index contributed by atoms with van der Waals surface area (Å²) in [5.41, 5.74) is 0. The number of halogens is 1. The van der Waals surface area contributed by atoms with Crippen molar-refractivity contribution in [1.29, 1.82) is 0 Å². The van der Waals surface area contributed by atoms with Gasteiger partial charge >= 0.3 is 0 Å². The van der Waals surface area contributed by atoms with Crippen molar-refractivity contribution < 1.29 is 9.13 Å². The molecule has 0 radical (unpaired) electrons. The highest BCUT2D eigenvalue weighted by Gasteiger charge is 2.26. The van der Waals surface area contributed by atoms with Crippen molar-refractivity contribution in [3.05, 3.63) is 30.3 Å². The van der Waals surface area contributed by atoms with Crippen LogP contribution in [0.25, 0.3) is 0 Å². The second kappa shape index (κ2) is 6.01. The Morgan fingerprint density at radius 3 is 2.82 bits per heavy atom. The molecule has 1 aliphatic heterocycles. The molecule has 1 fully saturated rings. The van der Waals surface area contributed by atoms with Crippen LogP contribution in [-0.2, 0) is 0 Å². The van der Waals surface area contributed by atoms with Gasteiger partial charge in [0.25, 0.3) is 0 Å². The zero-order chi connectivity index (χ0) is 12.1. The molecule has 1 aromatic carbocycles. The number of ether oxygens (including phenoxy) is 1. The van der Waals surface area contributed by atoms with Crippen LogP contribution >= 0.6 is 0 Å². The van der Waals surface area contributed by atoms with Crippen molar-refractivity contribution in [3.8, 4) is 5.75 Å². The molecule has 0 spiro atoms. The van der Waals surface area contributed by atoms with E-state index in [1.165, 1.54) is 0 Å². The lowest BCUT2D eigenvalue weighted by atomic mass is 10.1. The number of alkyl halides is 1. The highest BCUT2D eigenvalue weighted by Crippen LogP contribution is 2.19. The number of nitrogens with zero attached hydrogens (tertiary/aromatic N) is 1. The van der Waals surface area contributed by atoms with Crippen LogP contribution in [0.3, 0.4) is 0 Å². The molecule has 0 unspecified atom stereocenters. The summed E-state index contributed by atoms with van der Waals surface area (Å²) in [6, 6.07) is 10.2. The lowest BCUT2D eigenvalue weighted by Gasteiger charge is -2.24. The second-order valence-corrected chi connectivity index (χ2v) is 4.78. The largest absolute Gasteiger partial charge is 0.492 e. The summed E-state index contributed by atoms with van der Waals surface area (Å²) in [6.45, 7) is 4.49. The van der Waals surface area contributed by atoms with Gasteiger partial charge in [0, 0.05) is 18.5 Å². The predicted molar refractivity (Wildman–Crippen MR) is 67.1 cm³/mol. The molecule has 0 aromatic heterocycles. The zero-order valence-corrected chi connectivity index (χ0v) is 10.3. The summed E-state index contributed by atoms with van der Waals surface area (Å²) in [5.74, 6) is 1.13. The van der Waals surface area contributed by atoms with E-state index in [1.54, 1.807) is 0 Å². The van der Waals surface area contributed by atoms with Crippen molar-refractivity contribution in [1.82, 2.24) is 4.90 Å². The maximum absolute atomic E-state index is 12.5. The monoisotopic (exact) mass is 237 g/mol. The number of rotatable bonds is 5. The minimum absolute atomic E-state index is 0.192. The SMILES string of the molecule is C[C@@H](COc1ccccc1)N1CC[C@@H](CF)C1. The Labute approximate surface area is 102 Å². The Balaban J connectivity index is 1.76. The Morgan fingerprint density at radius 1 is 1.41 bits per heavy atom. The molecule has 2 rings (SSSR count). The van der Waals surface area contributed by atoms with E-state index in [0.29, 0.717) is 12.6 Å². The molecule has 0 saturated carbocycles. The van der Waals surface area contributed by atoms with Crippen LogP contribution in [0.15, 0.2) is 30.3 Å². The van der Waals surface area contributed by atoms with E-state index in [0.717, 1.165) is 25.3 Å². The minimum atomic E-state index is -0.192. The van der Waals surface area contributed by atoms with E-state index >= 15 is 0 Å². The summed E-state index contributed by atoms with van der Waals surface area (Å²) >= 11 is 0. The van der Waals surface area contributed by atoms with Crippen LogP contribution in [-0.4, -0.2) is 37.3 Å². The molecule has 0 aliphatic carbocycles. The number of likely N-dealkylation sites (tertiary alicyclic amines) is 1. The van der Waals surface area contributed by atoms with Crippen molar-refractivity contribution in [3.63, 3.8) is 0 Å². The van der Waals surface area contributed by atoms with E-state index in [9.17, 15) is 4.39 Å². The maximum atomic E-state index is 12.5. The first-order chi connectivity index (χ1) is 8.29. The van der Waals surface area contributed by atoms with Crippen LogP contribution in [0, 0.1) is 5.92 Å². The highest BCUT2D eigenvalue weighted by molar-refractivity contribution is 5.20. The lowest BCUT2D eigenvalue weighted by Crippen LogP contribution is -2.35. The Bertz CT molecular complexity index is 330. The van der Waals surface area contributed by atoms with Gasteiger partial charge in [0.05, 0.1) is 6.67 Å². The summed E-state index contributed by atoms with van der Waals surface area (Å²) in [5, 5.41) is 0. The molecule has 3 heteroatoms. The third-order valence-electron chi connectivity index (χ3n) is 3.39. The number of para-hydroxylation sites is 1. The Kier molecular flexibility index (Phi) is 4.37. The molecule has 17 heavy (non-hydrogen) atoms. The van der Waals surface area contributed by atoms with E-state index in [-0.39, 0.29) is 12.6 Å². The molecule has 0 bridgehead atoms. The van der Waals surface area contributed by atoms with Crippen molar-refractivity contribution in [2.45, 2.75) is 19.4 Å². The summed E-state index contributed by atoms with van der Waals surface area (Å²) < 4.78 is 18.2. The van der Waals surface area contributed by atoms with E-state index in [2.05, 4.69) is 11.8 Å². The van der Waals surface area contributed by atoms with Crippen molar-refractivity contribution >= 4 is 0 Å². The third-order valence-corrected chi connectivity index (χ3v) is 3.39. The molecule has 0 N–H and O–H groups in total. The molecular weight excluding hydrogens is 217 g/mol. The fourth-order valence-corrected chi connectivity index (χ4v) is 2.23. The summed E-state index contributed by atoms with van der Waals surface area (Å²) in [7, 11) is 0. The average molecular weight is 237 g/mol. The van der Waals surface area contributed by atoms with Crippen LogP contribution in [0.4, 0.5) is 4.39 Å². The Morgan fingerprint density at radius 2 is 2.18 bits per heavy atom. The van der Waals surface area contributed by atoms with Gasteiger partial charge in [0.15, 0.2) is 0 Å². The van der Waals surface area contributed by atoms with Gasteiger partial charge in [0.2, 0.25) is 0 Å². The molecule has 1 aliphatic rings. The van der Waals surface area contributed by atoms with Crippen molar-refractivity contribution in [2.24, 2.45) is 5.92 Å². The predicted octanol–water partition coefficient (Wildman–Crippen LogP) is 2.75. The molecule has 1 saturated heterocycles. The first kappa shape index (κ1) is 12.4. The number of hydrogen-bond acceptors (Lipinski definition) is 2. The van der Waals surface area contributed by atoms with Gasteiger partial charge in [-0.15, -0.1) is 0 Å². The third kappa shape index (κ3) is 3.43. The molecule has 2 nitrogen and oxygen atoms in total. The number of benzene rings is 1. The maximum Gasteiger partial charge on any atom is 0.119 e. The van der Waals surface area contributed by atoms with Crippen molar-refractivity contribution in [2.75, 3.05) is 26.4 Å². The molecule has 0 amide bonds. The van der Waals surface area contributed by atoms with Gasteiger partial charge in [-0.3, -0.25) is 9.29 Å². The quantitative estimate of drug-likeness (QED) is 0.780. The van der Waals surface area contributed by atoms with Gasteiger partial charge in [-0.05, 0) is 32.0 Å². The summed E-state index contributed by atoms with van der Waals surface area (Å²) in [4.78, 5) is 2.31. The molecular formula is C14H20FNO. The van der Waals surface area contributed by atoms with E-state index in [4.69, 9.17) is 4.74 Å². The standard InChI is InChI=1S/C14H20FNO/c1-12(16-8-7-13(9-15)10-16)11-17-14-5-3-2-4-6-14/h2-6,12-13H,7-11H2,1H3/t12-,13-/m0/s1. The fourth-order valence-electron chi connectivity index (χ4n) is 2.23. The summed E-state index contributed by atoms with van der Waals surface area (Å²) in [6.07, 6.45) is 0.978. The van der Waals surface area contributed by atoms with Crippen LogP contribution < -0.4 is 4.74 Å². The van der Waals surface area contributed by atoms with Crippen LogP contribution in [0.5, 0.6) is 5.75 Å². The van der Waals surface area contributed by atoms with Gasteiger partial charge in [-0.1, -0.05) is 18.2 Å². The zero-order valence-electron chi connectivity index (χ0n) is 10.3. The fraction of sp³-hybridized carbons (Fsp3) is 0.571. The van der Waals surface area contributed by atoms with Gasteiger partial charge in [-0.2, -0.15) is 0 Å². The normalized spacial score (nSPS) is 22.6. The van der Waals surface area contributed by atoms with Gasteiger partial charge in [-0.25, -0.2) is 0 Å². The number of hydrogen-bond donors (Lipinski definition) is 0. The smallest absolute Gasteiger partial charge is 0.119 e. The van der Waals surface area contributed by atoms with E-state index in [1.807, 2.05) is 30.3 Å². The lowest BCUT2D eigenvalue weighted by molar-refractivity contribution is 0.166. The van der Waals surface area contributed by atoms with E-state index < -0.39 is 0 Å². The first-order valence-electron chi connectivity index (χ1n) is 6.27. The first-order valence-corrected chi connectivity index (χ1v) is 6.27. The van der Waals surface area contributed by atoms with Gasteiger partial charge < -0.3 is 4.74 Å².